The van der Waals surface area contributed by atoms with E-state index in [4.69, 9.17) is 5.73 Å². The summed E-state index contributed by atoms with van der Waals surface area (Å²) in [6, 6.07) is 0. The summed E-state index contributed by atoms with van der Waals surface area (Å²) in [7, 11) is 0. The topological polar surface area (TPSA) is 63.8 Å². The van der Waals surface area contributed by atoms with Gasteiger partial charge >= 0.3 is 0 Å². The van der Waals surface area contributed by atoms with Crippen molar-refractivity contribution in [3.8, 4) is 0 Å². The quantitative estimate of drug-likeness (QED) is 0.667. The lowest BCUT2D eigenvalue weighted by atomic mass is 10.2. The monoisotopic (exact) mass is 210 g/mol. The first-order valence-corrected chi connectivity index (χ1v) is 4.77. The summed E-state index contributed by atoms with van der Waals surface area (Å²) in [5.74, 6) is 1.12. The Hall–Kier alpha value is -1.23. The maximum atomic E-state index is 5.74. The van der Waals surface area contributed by atoms with Gasteiger partial charge in [-0.1, -0.05) is 26.3 Å². The zero-order valence-electron chi connectivity index (χ0n) is 8.33. The minimum Gasteiger partial charge on any atom is -0.382 e. The van der Waals surface area contributed by atoms with Gasteiger partial charge in [0.1, 0.15) is 11.5 Å². The zero-order chi connectivity index (χ0) is 10.7. The second-order valence-corrected chi connectivity index (χ2v) is 3.22. The van der Waals surface area contributed by atoms with Gasteiger partial charge in [-0.05, 0) is 12.5 Å². The van der Waals surface area contributed by atoms with Crippen LogP contribution in [0.25, 0.3) is 5.57 Å². The van der Waals surface area contributed by atoms with Crippen LogP contribution in [-0.2, 0) is 6.42 Å². The Morgan fingerprint density at radius 1 is 1.57 bits per heavy atom. The van der Waals surface area contributed by atoms with Gasteiger partial charge in [-0.15, -0.1) is 0 Å². The van der Waals surface area contributed by atoms with E-state index in [-0.39, 0.29) is 0 Å². The van der Waals surface area contributed by atoms with Gasteiger partial charge in [-0.25, -0.2) is 9.97 Å². The lowest BCUT2D eigenvalue weighted by Crippen LogP contribution is -2.06. The highest BCUT2D eigenvalue weighted by molar-refractivity contribution is 7.81. The molecular formula is C9H14N4S. The van der Waals surface area contributed by atoms with E-state index in [2.05, 4.69) is 34.1 Å². The number of nitrogens with one attached hydrogen (secondary N) is 1. The molecule has 76 valence electrons. The van der Waals surface area contributed by atoms with Gasteiger partial charge in [-0.2, -0.15) is 0 Å². The molecule has 0 unspecified atom stereocenters. The van der Waals surface area contributed by atoms with Crippen molar-refractivity contribution < 1.29 is 0 Å². The van der Waals surface area contributed by atoms with Crippen molar-refractivity contribution in [1.82, 2.24) is 9.97 Å². The van der Waals surface area contributed by atoms with Crippen molar-refractivity contribution in [2.45, 2.75) is 20.3 Å². The average Bonchev–Trinajstić information content (AvgIpc) is 2.16. The van der Waals surface area contributed by atoms with Gasteiger partial charge in [0.15, 0.2) is 5.82 Å². The number of anilines is 2. The predicted molar refractivity (Wildman–Crippen MR) is 63.1 cm³/mol. The van der Waals surface area contributed by atoms with Crippen LogP contribution in [0.15, 0.2) is 6.58 Å². The molecule has 1 aromatic rings. The molecule has 4 nitrogen and oxygen atoms in total. The summed E-state index contributed by atoms with van der Waals surface area (Å²) in [6.45, 7) is 7.68. The molecule has 0 spiro atoms. The largest absolute Gasteiger partial charge is 0.382 e. The molecule has 0 aliphatic carbocycles. The number of thiol groups is 1. The maximum Gasteiger partial charge on any atom is 0.152 e. The Labute approximate surface area is 89.2 Å². The van der Waals surface area contributed by atoms with E-state index in [0.717, 1.165) is 17.7 Å². The lowest BCUT2D eigenvalue weighted by Gasteiger charge is -2.10. The molecule has 0 radical (unpaired) electrons. The molecule has 0 fully saturated rings. The smallest absolute Gasteiger partial charge is 0.152 e. The van der Waals surface area contributed by atoms with E-state index in [9.17, 15) is 0 Å². The van der Waals surface area contributed by atoms with Gasteiger partial charge in [0.2, 0.25) is 0 Å². The number of aromatic nitrogens is 2. The molecule has 0 atom stereocenters. The summed E-state index contributed by atoms with van der Waals surface area (Å²) in [4.78, 5) is 8.44. The first-order chi connectivity index (χ1) is 6.60. The molecule has 1 heterocycles. The van der Waals surface area contributed by atoms with Crippen LogP contribution in [0.1, 0.15) is 25.4 Å². The maximum absolute atomic E-state index is 5.74. The van der Waals surface area contributed by atoms with E-state index in [1.807, 2.05) is 13.8 Å². The van der Waals surface area contributed by atoms with Gasteiger partial charge in [0.05, 0.1) is 5.69 Å². The van der Waals surface area contributed by atoms with E-state index < -0.39 is 0 Å². The van der Waals surface area contributed by atoms with Crippen molar-refractivity contribution in [2.75, 3.05) is 10.5 Å². The fourth-order valence-corrected chi connectivity index (χ4v) is 1.32. The van der Waals surface area contributed by atoms with Gasteiger partial charge in [0.25, 0.3) is 0 Å². The van der Waals surface area contributed by atoms with Crippen LogP contribution in [0.4, 0.5) is 11.5 Å². The van der Waals surface area contributed by atoms with Gasteiger partial charge in [0, 0.05) is 6.42 Å². The third-order valence-corrected chi connectivity index (χ3v) is 2.04. The SMILES string of the molecule is C=C(C)c1nc(CC)nc(N)c1NS. The molecule has 5 heteroatoms. The Morgan fingerprint density at radius 3 is 2.64 bits per heavy atom. The van der Waals surface area contributed by atoms with Crippen molar-refractivity contribution in [3.05, 3.63) is 18.1 Å². The minimum atomic E-state index is 0.407. The highest BCUT2D eigenvalue weighted by atomic mass is 32.1. The van der Waals surface area contributed by atoms with Crippen LogP contribution >= 0.6 is 12.8 Å². The normalized spacial score (nSPS) is 9.93. The number of aryl methyl sites for hydroxylation is 1. The van der Waals surface area contributed by atoms with Gasteiger partial charge in [-0.3, -0.25) is 0 Å². The van der Waals surface area contributed by atoms with Crippen LogP contribution in [0.5, 0.6) is 0 Å². The second kappa shape index (κ2) is 4.32. The predicted octanol–water partition coefficient (Wildman–Crippen LogP) is 1.91. The highest BCUT2D eigenvalue weighted by Gasteiger charge is 2.10. The van der Waals surface area contributed by atoms with Crippen molar-refractivity contribution in [3.63, 3.8) is 0 Å². The van der Waals surface area contributed by atoms with Crippen LogP contribution in [0.2, 0.25) is 0 Å². The number of nitrogen functional groups attached to an aromatic ring is 1. The van der Waals surface area contributed by atoms with E-state index in [1.165, 1.54) is 0 Å². The minimum absolute atomic E-state index is 0.407. The summed E-state index contributed by atoms with van der Waals surface area (Å²) >= 11 is 3.96. The summed E-state index contributed by atoms with van der Waals surface area (Å²) < 4.78 is 2.68. The summed E-state index contributed by atoms with van der Waals surface area (Å²) in [5, 5.41) is 0. The number of allylic oxidation sites excluding steroid dienone is 1. The lowest BCUT2D eigenvalue weighted by molar-refractivity contribution is 0.939. The molecule has 0 bridgehead atoms. The Morgan fingerprint density at radius 2 is 2.21 bits per heavy atom. The van der Waals surface area contributed by atoms with Crippen LogP contribution in [0, 0.1) is 0 Å². The van der Waals surface area contributed by atoms with Crippen molar-refractivity contribution in [2.24, 2.45) is 0 Å². The van der Waals surface area contributed by atoms with Crippen molar-refractivity contribution >= 4 is 29.9 Å². The Bertz CT molecular complexity index is 362. The Kier molecular flexibility index (Phi) is 3.35. The third-order valence-electron chi connectivity index (χ3n) is 1.82. The van der Waals surface area contributed by atoms with Gasteiger partial charge < -0.3 is 10.5 Å². The average molecular weight is 210 g/mol. The number of hydrogen-bond donors (Lipinski definition) is 3. The molecule has 0 aliphatic rings. The molecule has 1 aromatic heterocycles. The standard InChI is InChI=1S/C9H14N4S/c1-4-6-11-7(5(2)3)8(13-14)9(10)12-6/h13-14H,2,4H2,1,3H3,(H2,10,11,12). The molecule has 3 N–H and O–H groups in total. The van der Waals surface area contributed by atoms with E-state index in [0.29, 0.717) is 17.3 Å². The molecule has 0 aromatic carbocycles. The number of nitrogens with zero attached hydrogens (tertiary/aromatic N) is 2. The fraction of sp³-hybridized carbons (Fsp3) is 0.333. The Balaban J connectivity index is 3.35. The number of hydrogen-bond acceptors (Lipinski definition) is 5. The zero-order valence-corrected chi connectivity index (χ0v) is 9.23. The molecule has 0 amide bonds. The summed E-state index contributed by atoms with van der Waals surface area (Å²) in [5.41, 5.74) is 7.93. The van der Waals surface area contributed by atoms with Crippen LogP contribution < -0.4 is 10.5 Å². The number of nitrogens with two attached hydrogens (primary N) is 1. The molecule has 0 saturated carbocycles. The van der Waals surface area contributed by atoms with Crippen molar-refractivity contribution in [1.29, 1.82) is 0 Å². The van der Waals surface area contributed by atoms with Crippen LogP contribution in [-0.4, -0.2) is 9.97 Å². The van der Waals surface area contributed by atoms with Crippen LogP contribution in [0.3, 0.4) is 0 Å². The molecule has 1 rings (SSSR count). The molecule has 0 aliphatic heterocycles. The van der Waals surface area contributed by atoms with E-state index >= 15 is 0 Å². The number of rotatable bonds is 3. The van der Waals surface area contributed by atoms with E-state index in [1.54, 1.807) is 0 Å². The molecular weight excluding hydrogens is 196 g/mol. The highest BCUT2D eigenvalue weighted by Crippen LogP contribution is 2.26. The molecule has 0 saturated heterocycles. The second-order valence-electron chi connectivity index (χ2n) is 2.99. The fourth-order valence-electron chi connectivity index (χ4n) is 1.10. The molecule has 14 heavy (non-hydrogen) atoms. The first kappa shape index (κ1) is 10.8. The third kappa shape index (κ3) is 1.98. The first-order valence-electron chi connectivity index (χ1n) is 4.32. The summed E-state index contributed by atoms with van der Waals surface area (Å²) in [6.07, 6.45) is 0.747.